The van der Waals surface area contributed by atoms with Gasteiger partial charge in [0.05, 0.1) is 18.1 Å². The second kappa shape index (κ2) is 10.4. The molecule has 1 heterocycles. The van der Waals surface area contributed by atoms with Crippen LogP contribution in [0.3, 0.4) is 0 Å². The molecule has 170 valence electrons. The Morgan fingerprint density at radius 2 is 1.65 bits per heavy atom. The van der Waals surface area contributed by atoms with Crippen molar-refractivity contribution in [3.8, 4) is 11.8 Å². The summed E-state index contributed by atoms with van der Waals surface area (Å²) in [6.45, 7) is 2.35. The minimum Gasteiger partial charge on any atom is -0.489 e. The number of nitrogens with two attached hydrogens (primary N) is 1. The largest absolute Gasteiger partial charge is 0.489 e. The Hall–Kier alpha value is -4.50. The van der Waals surface area contributed by atoms with Gasteiger partial charge in [0, 0.05) is 5.56 Å². The van der Waals surface area contributed by atoms with Gasteiger partial charge in [0.15, 0.2) is 0 Å². The van der Waals surface area contributed by atoms with Gasteiger partial charge in [-0.3, -0.25) is 0 Å². The molecule has 2 N–H and O–H groups in total. The Morgan fingerprint density at radius 3 is 2.26 bits per heavy atom. The van der Waals surface area contributed by atoms with Crippen molar-refractivity contribution in [2.75, 3.05) is 6.61 Å². The van der Waals surface area contributed by atoms with Gasteiger partial charge >= 0.3 is 5.97 Å². The zero-order chi connectivity index (χ0) is 23.9. The average molecular weight is 453 g/mol. The van der Waals surface area contributed by atoms with Gasteiger partial charge in [-0.2, -0.15) is 5.26 Å². The molecule has 1 aliphatic rings. The van der Waals surface area contributed by atoms with Crippen LogP contribution in [0, 0.1) is 11.3 Å². The van der Waals surface area contributed by atoms with Crippen LogP contribution in [0.25, 0.3) is 5.76 Å². The van der Waals surface area contributed by atoms with Gasteiger partial charge in [-0.25, -0.2) is 4.79 Å². The molecule has 0 spiro atoms. The summed E-state index contributed by atoms with van der Waals surface area (Å²) in [5, 5.41) is 9.88. The standard InChI is InChI=1S/C28H24N2O4/c1-2-32-28(31)25-24(23(17-29)27(30)34-26(25)21-11-7-4-8-12-21)20-13-15-22(16-14-20)33-18-19-9-5-3-6-10-19/h3-16,24H,2,18,30H2,1H3. The lowest BCUT2D eigenvalue weighted by molar-refractivity contribution is -0.138. The molecule has 0 fully saturated rings. The Bertz CT molecular complexity index is 1260. The number of nitrogens with zero attached hydrogens (tertiary/aromatic N) is 1. The number of hydrogen-bond donors (Lipinski definition) is 1. The molecule has 1 atom stereocenters. The van der Waals surface area contributed by atoms with E-state index in [0.29, 0.717) is 23.5 Å². The van der Waals surface area contributed by atoms with Crippen LogP contribution >= 0.6 is 0 Å². The zero-order valence-electron chi connectivity index (χ0n) is 18.7. The minimum absolute atomic E-state index is 0.0381. The third kappa shape index (κ3) is 4.79. The molecule has 0 aromatic heterocycles. The van der Waals surface area contributed by atoms with Crippen molar-refractivity contribution in [2.24, 2.45) is 5.73 Å². The van der Waals surface area contributed by atoms with Crippen molar-refractivity contribution in [2.45, 2.75) is 19.4 Å². The van der Waals surface area contributed by atoms with Crippen LogP contribution in [0.5, 0.6) is 5.75 Å². The fraction of sp³-hybridized carbons (Fsp3) is 0.143. The van der Waals surface area contributed by atoms with Gasteiger partial charge in [-0.1, -0.05) is 72.8 Å². The predicted octanol–water partition coefficient (Wildman–Crippen LogP) is 5.05. The van der Waals surface area contributed by atoms with Crippen molar-refractivity contribution >= 4 is 11.7 Å². The first-order valence-electron chi connectivity index (χ1n) is 10.9. The highest BCUT2D eigenvalue weighted by Gasteiger charge is 2.38. The predicted molar refractivity (Wildman–Crippen MR) is 128 cm³/mol. The molecule has 6 heteroatoms. The Labute approximate surface area is 198 Å². The summed E-state index contributed by atoms with van der Waals surface area (Å²) in [4.78, 5) is 13.1. The van der Waals surface area contributed by atoms with E-state index in [-0.39, 0.29) is 29.4 Å². The summed E-state index contributed by atoms with van der Waals surface area (Å²) in [6.07, 6.45) is 0. The summed E-state index contributed by atoms with van der Waals surface area (Å²) in [5.74, 6) is -0.388. The maximum Gasteiger partial charge on any atom is 0.338 e. The molecule has 6 nitrogen and oxygen atoms in total. The van der Waals surface area contributed by atoms with E-state index in [1.165, 1.54) is 0 Å². The molecular formula is C28H24N2O4. The van der Waals surface area contributed by atoms with Crippen molar-refractivity contribution < 1.29 is 19.0 Å². The van der Waals surface area contributed by atoms with E-state index in [2.05, 4.69) is 6.07 Å². The SMILES string of the molecule is CCOC(=O)C1=C(c2ccccc2)OC(N)=C(C#N)C1c1ccc(OCc2ccccc2)cc1. The van der Waals surface area contributed by atoms with Crippen LogP contribution in [0.2, 0.25) is 0 Å². The van der Waals surface area contributed by atoms with Crippen molar-refractivity contribution in [3.05, 3.63) is 119 Å². The van der Waals surface area contributed by atoms with E-state index in [9.17, 15) is 10.1 Å². The normalized spacial score (nSPS) is 15.4. The number of carbonyl (C=O) groups is 1. The van der Waals surface area contributed by atoms with E-state index in [4.69, 9.17) is 19.9 Å². The second-order valence-electron chi connectivity index (χ2n) is 7.60. The van der Waals surface area contributed by atoms with E-state index < -0.39 is 11.9 Å². The number of ether oxygens (including phenoxy) is 3. The number of esters is 1. The monoisotopic (exact) mass is 452 g/mol. The molecule has 0 saturated carbocycles. The molecule has 34 heavy (non-hydrogen) atoms. The number of carbonyl (C=O) groups excluding carboxylic acids is 1. The van der Waals surface area contributed by atoms with Gasteiger partial charge < -0.3 is 19.9 Å². The molecule has 4 rings (SSSR count). The number of nitriles is 1. The smallest absolute Gasteiger partial charge is 0.338 e. The lowest BCUT2D eigenvalue weighted by atomic mass is 9.82. The Balaban J connectivity index is 1.73. The van der Waals surface area contributed by atoms with Crippen LogP contribution < -0.4 is 10.5 Å². The number of hydrogen-bond acceptors (Lipinski definition) is 6. The highest BCUT2D eigenvalue weighted by atomic mass is 16.5. The highest BCUT2D eigenvalue weighted by molar-refractivity contribution is 5.99. The van der Waals surface area contributed by atoms with E-state index in [1.54, 1.807) is 6.92 Å². The molecule has 3 aromatic carbocycles. The maximum atomic E-state index is 13.1. The summed E-state index contributed by atoms with van der Waals surface area (Å²) in [6, 6.07) is 28.4. The molecule has 1 unspecified atom stereocenters. The number of benzene rings is 3. The van der Waals surface area contributed by atoms with Crippen molar-refractivity contribution in [1.29, 1.82) is 5.26 Å². The second-order valence-corrected chi connectivity index (χ2v) is 7.60. The van der Waals surface area contributed by atoms with E-state index >= 15 is 0 Å². The average Bonchev–Trinajstić information content (AvgIpc) is 2.88. The van der Waals surface area contributed by atoms with Gasteiger partial charge in [0.2, 0.25) is 5.88 Å². The molecule has 3 aromatic rings. The molecule has 0 radical (unpaired) electrons. The molecule has 1 aliphatic heterocycles. The topological polar surface area (TPSA) is 94.6 Å². The third-order valence-electron chi connectivity index (χ3n) is 5.41. The minimum atomic E-state index is -0.740. The first-order chi connectivity index (χ1) is 16.6. The fourth-order valence-corrected chi connectivity index (χ4v) is 3.81. The Morgan fingerprint density at radius 1 is 1.00 bits per heavy atom. The lowest BCUT2D eigenvalue weighted by Crippen LogP contribution is -2.25. The van der Waals surface area contributed by atoms with Crippen LogP contribution in [0.15, 0.2) is 102 Å². The van der Waals surface area contributed by atoms with E-state index in [0.717, 1.165) is 5.56 Å². The van der Waals surface area contributed by atoms with E-state index in [1.807, 2.05) is 84.9 Å². The highest BCUT2D eigenvalue weighted by Crippen LogP contribution is 2.43. The molecule has 0 saturated heterocycles. The molecule has 0 aliphatic carbocycles. The van der Waals surface area contributed by atoms with Gasteiger partial charge in [0.1, 0.15) is 29.8 Å². The van der Waals surface area contributed by atoms with Crippen LogP contribution in [-0.2, 0) is 20.9 Å². The van der Waals surface area contributed by atoms with Crippen LogP contribution in [0.1, 0.15) is 29.5 Å². The zero-order valence-corrected chi connectivity index (χ0v) is 18.7. The quantitative estimate of drug-likeness (QED) is 0.504. The molecular weight excluding hydrogens is 428 g/mol. The molecule has 0 bridgehead atoms. The first kappa shape index (κ1) is 22.7. The van der Waals surface area contributed by atoms with Crippen LogP contribution in [0.4, 0.5) is 0 Å². The Kier molecular flexibility index (Phi) is 6.95. The first-order valence-corrected chi connectivity index (χ1v) is 10.9. The summed E-state index contributed by atoms with van der Waals surface area (Å²) in [5.41, 5.74) is 8.95. The van der Waals surface area contributed by atoms with Crippen molar-refractivity contribution in [3.63, 3.8) is 0 Å². The third-order valence-corrected chi connectivity index (χ3v) is 5.41. The maximum absolute atomic E-state index is 13.1. The molecule has 0 amide bonds. The van der Waals surface area contributed by atoms with Gasteiger partial charge in [0.25, 0.3) is 0 Å². The summed E-state index contributed by atoms with van der Waals surface area (Å²) >= 11 is 0. The number of rotatable bonds is 7. The summed E-state index contributed by atoms with van der Waals surface area (Å²) in [7, 11) is 0. The van der Waals surface area contributed by atoms with Crippen molar-refractivity contribution in [1.82, 2.24) is 0 Å². The number of allylic oxidation sites excluding steroid dienone is 1. The fourth-order valence-electron chi connectivity index (χ4n) is 3.81. The summed E-state index contributed by atoms with van der Waals surface area (Å²) < 4.78 is 17.0. The van der Waals surface area contributed by atoms with Crippen LogP contribution in [-0.4, -0.2) is 12.6 Å². The van der Waals surface area contributed by atoms with Gasteiger partial charge in [-0.15, -0.1) is 0 Å². The lowest BCUT2D eigenvalue weighted by Gasteiger charge is -2.28. The van der Waals surface area contributed by atoms with Gasteiger partial charge in [-0.05, 0) is 30.2 Å².